The summed E-state index contributed by atoms with van der Waals surface area (Å²) in [5.74, 6) is -0.404. The van der Waals surface area contributed by atoms with Gasteiger partial charge < -0.3 is 15.2 Å². The van der Waals surface area contributed by atoms with E-state index in [2.05, 4.69) is 15.6 Å². The lowest BCUT2D eigenvalue weighted by molar-refractivity contribution is 0.101. The number of hydrogen-bond donors (Lipinski definition) is 2. The van der Waals surface area contributed by atoms with Crippen LogP contribution in [0.15, 0.2) is 91.5 Å². The normalized spacial score (nSPS) is 10.5. The summed E-state index contributed by atoms with van der Waals surface area (Å²) in [7, 11) is 0. The van der Waals surface area contributed by atoms with E-state index in [4.69, 9.17) is 0 Å². The minimum Gasteiger partial charge on any atom is -0.333 e. The summed E-state index contributed by atoms with van der Waals surface area (Å²) < 4.78 is 1.97. The van der Waals surface area contributed by atoms with E-state index in [1.807, 2.05) is 60.2 Å². The highest BCUT2D eigenvalue weighted by molar-refractivity contribution is 6.06. The molecule has 6 heteroatoms. The number of aromatic nitrogens is 2. The number of anilines is 2. The maximum Gasteiger partial charge on any atom is 0.255 e. The fraction of sp³-hybridized carbons (Fsp3) is 0.0800. The molecular formula is C25H22N4O2. The zero-order valence-electron chi connectivity index (χ0n) is 17.1. The van der Waals surface area contributed by atoms with E-state index >= 15 is 0 Å². The van der Waals surface area contributed by atoms with Crippen molar-refractivity contribution in [3.8, 4) is 0 Å². The summed E-state index contributed by atoms with van der Waals surface area (Å²) in [5.41, 5.74) is 4.39. The molecule has 0 aliphatic heterocycles. The SMILES string of the molecule is Cc1ccc(NC(=O)c2ccccc2)cc1NC(=O)c1ccc(Cn2ccnc2)cc1. The topological polar surface area (TPSA) is 76.0 Å². The van der Waals surface area contributed by atoms with Crippen molar-refractivity contribution in [2.75, 3.05) is 10.6 Å². The zero-order valence-corrected chi connectivity index (χ0v) is 17.1. The molecule has 0 atom stereocenters. The number of amides is 2. The summed E-state index contributed by atoms with van der Waals surface area (Å²) >= 11 is 0. The van der Waals surface area contributed by atoms with Crippen molar-refractivity contribution in [1.82, 2.24) is 9.55 Å². The zero-order chi connectivity index (χ0) is 21.6. The second kappa shape index (κ2) is 9.09. The average molecular weight is 410 g/mol. The van der Waals surface area contributed by atoms with E-state index in [-0.39, 0.29) is 11.8 Å². The fourth-order valence-corrected chi connectivity index (χ4v) is 3.17. The summed E-state index contributed by atoms with van der Waals surface area (Å²) in [5, 5.41) is 5.81. The van der Waals surface area contributed by atoms with Crippen molar-refractivity contribution in [2.24, 2.45) is 0 Å². The summed E-state index contributed by atoms with van der Waals surface area (Å²) in [4.78, 5) is 29.2. The third-order valence-electron chi connectivity index (χ3n) is 4.92. The van der Waals surface area contributed by atoms with Gasteiger partial charge in [-0.2, -0.15) is 0 Å². The fourth-order valence-electron chi connectivity index (χ4n) is 3.17. The van der Waals surface area contributed by atoms with E-state index in [0.29, 0.717) is 29.0 Å². The van der Waals surface area contributed by atoms with Gasteiger partial charge in [-0.05, 0) is 54.4 Å². The molecule has 3 aromatic carbocycles. The van der Waals surface area contributed by atoms with Crippen LogP contribution in [0.3, 0.4) is 0 Å². The maximum absolute atomic E-state index is 12.7. The van der Waals surface area contributed by atoms with Crippen LogP contribution in [0.25, 0.3) is 0 Å². The highest BCUT2D eigenvalue weighted by Crippen LogP contribution is 2.22. The van der Waals surface area contributed by atoms with Crippen molar-refractivity contribution in [3.63, 3.8) is 0 Å². The maximum atomic E-state index is 12.7. The molecule has 4 rings (SSSR count). The standard InChI is InChI=1S/C25H22N4O2/c1-18-7-12-22(27-24(30)20-5-3-2-4-6-20)15-23(18)28-25(31)21-10-8-19(9-11-21)16-29-14-13-26-17-29/h2-15,17H,16H2,1H3,(H,27,30)(H,28,31). The molecule has 0 aliphatic carbocycles. The second-order valence-corrected chi connectivity index (χ2v) is 7.24. The molecule has 1 aromatic heterocycles. The van der Waals surface area contributed by atoms with Crippen LogP contribution < -0.4 is 10.6 Å². The molecule has 2 N–H and O–H groups in total. The molecule has 0 aliphatic rings. The van der Waals surface area contributed by atoms with Crippen LogP contribution in [0, 0.1) is 6.92 Å². The van der Waals surface area contributed by atoms with E-state index in [9.17, 15) is 9.59 Å². The largest absolute Gasteiger partial charge is 0.333 e. The number of nitrogens with zero attached hydrogens (tertiary/aromatic N) is 2. The molecule has 0 fully saturated rings. The Morgan fingerprint density at radius 2 is 1.58 bits per heavy atom. The van der Waals surface area contributed by atoms with Crippen molar-refractivity contribution < 1.29 is 9.59 Å². The third-order valence-corrected chi connectivity index (χ3v) is 4.92. The quantitative estimate of drug-likeness (QED) is 0.482. The van der Waals surface area contributed by atoms with Crippen molar-refractivity contribution in [3.05, 3.63) is 114 Å². The van der Waals surface area contributed by atoms with Gasteiger partial charge in [-0.1, -0.05) is 36.4 Å². The minimum atomic E-state index is -0.205. The van der Waals surface area contributed by atoms with E-state index in [1.165, 1.54) is 0 Å². The first-order chi connectivity index (χ1) is 15.1. The van der Waals surface area contributed by atoms with Crippen molar-refractivity contribution in [2.45, 2.75) is 13.5 Å². The Balaban J connectivity index is 1.44. The molecule has 0 unspecified atom stereocenters. The molecule has 31 heavy (non-hydrogen) atoms. The number of hydrogen-bond acceptors (Lipinski definition) is 3. The van der Waals surface area contributed by atoms with Gasteiger partial charge in [-0.15, -0.1) is 0 Å². The van der Waals surface area contributed by atoms with Gasteiger partial charge in [-0.3, -0.25) is 9.59 Å². The molecule has 2 amide bonds. The Morgan fingerprint density at radius 1 is 0.871 bits per heavy atom. The van der Waals surface area contributed by atoms with Gasteiger partial charge in [0.05, 0.1) is 6.33 Å². The molecule has 0 spiro atoms. The van der Waals surface area contributed by atoms with E-state index in [1.54, 1.807) is 42.9 Å². The van der Waals surface area contributed by atoms with Crippen molar-refractivity contribution >= 4 is 23.2 Å². The van der Waals surface area contributed by atoms with Crippen LogP contribution in [0.2, 0.25) is 0 Å². The van der Waals surface area contributed by atoms with E-state index < -0.39 is 0 Å². The third kappa shape index (κ3) is 5.05. The van der Waals surface area contributed by atoms with E-state index in [0.717, 1.165) is 11.1 Å². The molecule has 0 radical (unpaired) electrons. The van der Waals surface area contributed by atoms with Gasteiger partial charge in [0.15, 0.2) is 0 Å². The molecule has 0 bridgehead atoms. The predicted molar refractivity (Wildman–Crippen MR) is 121 cm³/mol. The second-order valence-electron chi connectivity index (χ2n) is 7.24. The summed E-state index contributed by atoms with van der Waals surface area (Å²) in [6.07, 6.45) is 5.39. The van der Waals surface area contributed by atoms with Crippen LogP contribution in [-0.2, 0) is 6.54 Å². The van der Waals surface area contributed by atoms with Gasteiger partial charge in [0.1, 0.15) is 0 Å². The number of benzene rings is 3. The Morgan fingerprint density at radius 3 is 2.29 bits per heavy atom. The molecule has 0 saturated heterocycles. The Hall–Kier alpha value is -4.19. The molecule has 0 saturated carbocycles. The Kier molecular flexibility index (Phi) is 5.89. The number of imidazole rings is 1. The number of aryl methyl sites for hydroxylation is 1. The van der Waals surface area contributed by atoms with Gasteiger partial charge >= 0.3 is 0 Å². The number of rotatable bonds is 6. The first-order valence-corrected chi connectivity index (χ1v) is 9.91. The smallest absolute Gasteiger partial charge is 0.255 e. The number of carbonyl (C=O) groups is 2. The summed E-state index contributed by atoms with van der Waals surface area (Å²) in [6, 6.07) is 21.9. The molecular weight excluding hydrogens is 388 g/mol. The van der Waals surface area contributed by atoms with Gasteiger partial charge in [0.25, 0.3) is 11.8 Å². The van der Waals surface area contributed by atoms with Crippen LogP contribution >= 0.6 is 0 Å². The summed E-state index contributed by atoms with van der Waals surface area (Å²) in [6.45, 7) is 2.61. The molecule has 6 nitrogen and oxygen atoms in total. The monoisotopic (exact) mass is 410 g/mol. The van der Waals surface area contributed by atoms with Gasteiger partial charge in [0.2, 0.25) is 0 Å². The van der Waals surface area contributed by atoms with Crippen molar-refractivity contribution in [1.29, 1.82) is 0 Å². The highest BCUT2D eigenvalue weighted by Gasteiger charge is 2.11. The lowest BCUT2D eigenvalue weighted by atomic mass is 10.1. The Labute approximate surface area is 180 Å². The van der Waals surface area contributed by atoms with Gasteiger partial charge in [-0.25, -0.2) is 4.98 Å². The molecule has 4 aromatic rings. The lowest BCUT2D eigenvalue weighted by Crippen LogP contribution is -2.15. The first kappa shape index (κ1) is 20.1. The van der Waals surface area contributed by atoms with Crippen LogP contribution in [0.4, 0.5) is 11.4 Å². The number of carbonyl (C=O) groups excluding carboxylic acids is 2. The lowest BCUT2D eigenvalue weighted by Gasteiger charge is -2.12. The van der Waals surface area contributed by atoms with Gasteiger partial charge in [0, 0.05) is 41.4 Å². The average Bonchev–Trinajstić information content (AvgIpc) is 3.30. The van der Waals surface area contributed by atoms with Crippen LogP contribution in [0.1, 0.15) is 31.8 Å². The molecule has 1 heterocycles. The van der Waals surface area contributed by atoms with Crippen LogP contribution in [-0.4, -0.2) is 21.4 Å². The number of nitrogens with one attached hydrogen (secondary N) is 2. The minimum absolute atomic E-state index is 0.199. The Bertz CT molecular complexity index is 1180. The predicted octanol–water partition coefficient (Wildman–Crippen LogP) is 4.74. The molecule has 154 valence electrons. The highest BCUT2D eigenvalue weighted by atomic mass is 16.2. The first-order valence-electron chi connectivity index (χ1n) is 9.91. The van der Waals surface area contributed by atoms with Crippen LogP contribution in [0.5, 0.6) is 0 Å².